The van der Waals surface area contributed by atoms with Gasteiger partial charge in [0.1, 0.15) is 5.78 Å². The topological polar surface area (TPSA) is 126 Å². The van der Waals surface area contributed by atoms with Crippen molar-refractivity contribution in [2.24, 2.45) is 164 Å². The molecule has 0 spiro atoms. The minimum absolute atomic E-state index is 0.265. The van der Waals surface area contributed by atoms with Crippen molar-refractivity contribution in [1.82, 2.24) is 24.3 Å². The Morgan fingerprint density at radius 1 is 0.316 bits per heavy atom. The number of carbonyl (C=O) groups is 1. The van der Waals surface area contributed by atoms with Crippen LogP contribution in [0.1, 0.15) is 338 Å². The van der Waals surface area contributed by atoms with Crippen LogP contribution in [-0.2, 0) is 11.3 Å². The van der Waals surface area contributed by atoms with Crippen LogP contribution in [0.25, 0.3) is 0 Å². The number of imidazole rings is 1. The molecule has 10 heteroatoms. The monoisotopic (exact) mass is 1570 g/mol. The molecule has 1 aromatic rings. The van der Waals surface area contributed by atoms with Crippen LogP contribution in [-0.4, -0.2) is 132 Å². The molecule has 0 unspecified atom stereocenters. The van der Waals surface area contributed by atoms with Gasteiger partial charge in [0.2, 0.25) is 0 Å². The molecule has 20 rings (SSSR count). The van der Waals surface area contributed by atoms with Gasteiger partial charge in [0.25, 0.3) is 0 Å². The summed E-state index contributed by atoms with van der Waals surface area (Å²) >= 11 is 0. The third-order valence-corrected chi connectivity index (χ3v) is 41.1. The highest BCUT2D eigenvalue weighted by molar-refractivity contribution is 5.84. The number of piperidine rings is 2. The van der Waals surface area contributed by atoms with E-state index in [0.29, 0.717) is 33.9 Å². The fraction of sp³-hybridized carbons (Fsp3) is 0.904. The van der Waals surface area contributed by atoms with Crippen molar-refractivity contribution in [3.8, 4) is 0 Å². The highest BCUT2D eigenvalue weighted by Crippen LogP contribution is 2.71. The molecule has 19 fully saturated rings. The van der Waals surface area contributed by atoms with E-state index < -0.39 is 11.2 Å². The van der Waals surface area contributed by atoms with Crippen LogP contribution in [0.5, 0.6) is 0 Å². The van der Waals surface area contributed by atoms with Crippen LogP contribution in [0.4, 0.5) is 0 Å². The Kier molecular flexibility index (Phi) is 24.7. The molecule has 4 heterocycles. The maximum absolute atomic E-state index is 13.4. The lowest BCUT2D eigenvalue weighted by molar-refractivity contribution is -0.133. The van der Waals surface area contributed by atoms with Gasteiger partial charge >= 0.3 is 0 Å². The van der Waals surface area contributed by atoms with E-state index in [1.54, 1.807) is 11.1 Å². The fourth-order valence-corrected chi connectivity index (χ4v) is 35.9. The molecule has 10 nitrogen and oxygen atoms in total. The van der Waals surface area contributed by atoms with E-state index in [-0.39, 0.29) is 16.6 Å². The summed E-state index contributed by atoms with van der Waals surface area (Å²) in [7, 11) is 0. The van der Waals surface area contributed by atoms with Gasteiger partial charge in [-0.05, 0) is 494 Å². The molecule has 114 heavy (non-hydrogen) atoms. The number of rotatable bonds is 12. The number of nitrogens with zero attached hydrogens (tertiary/aromatic N) is 5. The van der Waals surface area contributed by atoms with Crippen molar-refractivity contribution in [3.63, 3.8) is 0 Å². The number of aliphatic hydroxyl groups is 4. The first-order chi connectivity index (χ1) is 54.5. The normalized spacial score (nSPS) is 50.0. The Hall–Kier alpha value is -2.18. The SMILES string of the molecule is C=C(CN1CCCC1)[C@H]1CC[C@H]2[C@@H]3CC[C@H]4C[C@@](C)(O)CC[C@@H]4[C@H]3CC[C@]12C.C=C(CN1CCCCC1)[C@H]1CC[C@H]2[C@@H]3CC[C@H]4C[C@@](C)(O)CC[C@@H]4[C@H]3CC[C@]12C.C=C(Cn1ccnc1)[C@H]1CC[C@H]2[C@@H]3CC[C@H]4C[C@@](C)(O)CC[C@@H]4[C@H]3CC[C@]12C.C[C@]1(O)CC[C@H]2[C@@H](CC[C@@H]3[C@@H]2CC[C@]2(C)[C@@H](C(=O)CN4CCCCC4)CC[C@@H]32)C1. The van der Waals surface area contributed by atoms with Crippen LogP contribution >= 0.6 is 0 Å². The Balaban J connectivity index is 0.000000110. The number of likely N-dealkylation sites (tertiary alicyclic amines) is 3. The first kappa shape index (κ1) is 84.1. The number of aromatic nitrogens is 2. The van der Waals surface area contributed by atoms with Gasteiger partial charge < -0.3 is 25.0 Å². The van der Waals surface area contributed by atoms with Gasteiger partial charge in [-0.15, -0.1) is 0 Å². The minimum atomic E-state index is -0.420. The van der Waals surface area contributed by atoms with E-state index in [2.05, 4.69) is 106 Å². The number of fused-ring (bicyclic) bond motifs is 20. The van der Waals surface area contributed by atoms with E-state index in [1.807, 2.05) is 12.5 Å². The van der Waals surface area contributed by atoms with Gasteiger partial charge in [-0.1, -0.05) is 77.0 Å². The molecule has 19 aliphatic rings. The molecule has 0 amide bonds. The van der Waals surface area contributed by atoms with E-state index in [4.69, 9.17) is 0 Å². The summed E-state index contributed by atoms with van der Waals surface area (Å²) in [6, 6.07) is 0. The molecule has 32 atom stereocenters. The fourth-order valence-electron chi connectivity index (χ4n) is 35.9. The molecule has 0 radical (unpaired) electrons. The first-order valence-corrected chi connectivity index (χ1v) is 50.1. The standard InChI is InChI=1S/C27H45NO.C26H43NO2.C26H43NO.C25H38N2O/c1-19(18-28-15-5-4-6-16-28)24-9-10-25-23-8-7-20-17-26(2,29)13-11-21(20)22(23)12-14-27(24,25)3;1-25(29)12-10-19-18(16-25)6-7-21-20(19)11-13-26(2)22(21)8-9-23(26)24(28)17-27-14-4-3-5-15-27;1-18(17-27-14-4-5-15-27)23-8-9-24-22-7-6-19-16-25(2,28)12-10-20(19)21(22)11-13-26(23,24)3;1-17(15-27-13-12-26-16-27)22-6-7-23-21-5-4-18-14-24(2,28)10-8-19(18)20(21)9-11-25(22,23)3/h20-25,29H,1,4-18H2,2-3H3;18-23,29H,3-17H2,1-2H3;19-24,28H,1,4-17H2,2-3H3;12-13,16,18-23,28H,1,4-11,14-15H2,2-3H3/t20-,21-,22+,23+,24+,25-,26-,27+;18-,19-,20+,21+,22-,23+,25-,26-;19-,20-,21+,22+,23+,24-,25-,26+;18-,19-,20+,21+,22+,23-,24-,25+/m0000/s1. The zero-order valence-corrected chi connectivity index (χ0v) is 74.3. The molecule has 0 aromatic carbocycles. The third-order valence-electron chi connectivity index (χ3n) is 41.1. The van der Waals surface area contributed by atoms with E-state index in [9.17, 15) is 25.2 Å². The molecule has 3 saturated heterocycles. The van der Waals surface area contributed by atoms with Gasteiger partial charge in [0.15, 0.2) is 0 Å². The lowest BCUT2D eigenvalue weighted by Crippen LogP contribution is -2.51. The molecule has 16 aliphatic carbocycles. The zero-order chi connectivity index (χ0) is 79.5. The van der Waals surface area contributed by atoms with Crippen LogP contribution in [0.3, 0.4) is 0 Å². The maximum atomic E-state index is 13.4. The number of allylic oxidation sites excluding steroid dienone is 1. The van der Waals surface area contributed by atoms with Crippen LogP contribution < -0.4 is 0 Å². The van der Waals surface area contributed by atoms with Crippen LogP contribution in [0, 0.1) is 164 Å². The Morgan fingerprint density at radius 3 is 0.895 bits per heavy atom. The number of ketones is 1. The van der Waals surface area contributed by atoms with Crippen molar-refractivity contribution in [1.29, 1.82) is 0 Å². The van der Waals surface area contributed by atoms with Gasteiger partial charge in [-0.25, -0.2) is 4.98 Å². The predicted octanol–water partition coefficient (Wildman–Crippen LogP) is 22.2. The molecular weight excluding hydrogens is 1400 g/mol. The summed E-state index contributed by atoms with van der Waals surface area (Å²) in [5.41, 5.74) is 4.70. The first-order valence-electron chi connectivity index (χ1n) is 50.1. The molecule has 0 bridgehead atoms. The van der Waals surface area contributed by atoms with Crippen LogP contribution in [0.2, 0.25) is 0 Å². The highest BCUT2D eigenvalue weighted by atomic mass is 16.3. The average Bonchev–Trinajstić information content (AvgIpc) is 1.61. The third kappa shape index (κ3) is 16.6. The smallest absolute Gasteiger partial charge is 0.150 e. The maximum Gasteiger partial charge on any atom is 0.150 e. The predicted molar refractivity (Wildman–Crippen MR) is 466 cm³/mol. The van der Waals surface area contributed by atoms with Crippen molar-refractivity contribution < 1.29 is 25.2 Å². The van der Waals surface area contributed by atoms with Crippen molar-refractivity contribution in [2.45, 2.75) is 367 Å². The Bertz CT molecular complexity index is 3360. The second-order valence-corrected chi connectivity index (χ2v) is 47.7. The summed E-state index contributed by atoms with van der Waals surface area (Å²) < 4.78 is 2.18. The van der Waals surface area contributed by atoms with E-state index in [1.165, 1.54) is 270 Å². The number of hydrogen-bond donors (Lipinski definition) is 4. The Labute approximate surface area is 695 Å². The number of hydrogen-bond acceptors (Lipinski definition) is 9. The van der Waals surface area contributed by atoms with Crippen LogP contribution in [0.15, 0.2) is 55.2 Å². The zero-order valence-electron chi connectivity index (χ0n) is 74.3. The Morgan fingerprint density at radius 2 is 0.588 bits per heavy atom. The summed E-state index contributed by atoms with van der Waals surface area (Å²) in [5.74, 6) is 20.7. The number of Topliss-reactive ketones (excluding diaryl/α,β-unsaturated/α-hetero) is 1. The second-order valence-electron chi connectivity index (χ2n) is 47.7. The summed E-state index contributed by atoms with van der Waals surface area (Å²) in [4.78, 5) is 25.4. The quantitative estimate of drug-likeness (QED) is 0.151. The summed E-state index contributed by atoms with van der Waals surface area (Å²) in [6.07, 6.45) is 63.2. The molecule has 4 N–H and O–H groups in total. The van der Waals surface area contributed by atoms with E-state index >= 15 is 0 Å². The molecule has 16 saturated carbocycles. The average molecular weight is 1570 g/mol. The molecule has 1 aromatic heterocycles. The minimum Gasteiger partial charge on any atom is -0.390 e. The van der Waals surface area contributed by atoms with Crippen molar-refractivity contribution in [2.75, 3.05) is 58.9 Å². The summed E-state index contributed by atoms with van der Waals surface area (Å²) in [6.45, 7) is 44.0. The molecular formula is C104H169N5O5. The summed E-state index contributed by atoms with van der Waals surface area (Å²) in [5, 5.41) is 42.4. The van der Waals surface area contributed by atoms with Gasteiger partial charge in [0, 0.05) is 37.9 Å². The molecule has 640 valence electrons. The second kappa shape index (κ2) is 33.5. The van der Waals surface area contributed by atoms with E-state index in [0.717, 1.165) is 214 Å². The van der Waals surface area contributed by atoms with Crippen molar-refractivity contribution >= 4 is 5.78 Å². The highest BCUT2D eigenvalue weighted by Gasteiger charge is 2.64. The largest absolute Gasteiger partial charge is 0.390 e. The van der Waals surface area contributed by atoms with Gasteiger partial charge in [-0.3, -0.25) is 19.5 Å². The lowest BCUT2D eigenvalue weighted by Gasteiger charge is -2.57. The number of carbonyl (C=O) groups excluding carboxylic acids is 1. The lowest BCUT2D eigenvalue weighted by atomic mass is 9.49. The van der Waals surface area contributed by atoms with Crippen molar-refractivity contribution in [3.05, 3.63) is 55.2 Å². The molecule has 3 aliphatic heterocycles. The van der Waals surface area contributed by atoms with Gasteiger partial charge in [0.05, 0.1) is 35.3 Å². The van der Waals surface area contributed by atoms with Gasteiger partial charge in [-0.2, -0.15) is 0 Å².